The molecule has 9 heavy (non-hydrogen) atoms. The third kappa shape index (κ3) is 0.715. The lowest BCUT2D eigenvalue weighted by Gasteiger charge is -2.12. The summed E-state index contributed by atoms with van der Waals surface area (Å²) in [6.45, 7) is 3.20. The van der Waals surface area contributed by atoms with E-state index < -0.39 is 0 Å². The van der Waals surface area contributed by atoms with E-state index >= 15 is 0 Å². The highest BCUT2D eigenvalue weighted by molar-refractivity contribution is 5.08. The molecule has 1 fully saturated rings. The Morgan fingerprint density at radius 3 is 3.11 bits per heavy atom. The maximum absolute atomic E-state index is 5.53. The summed E-state index contributed by atoms with van der Waals surface area (Å²) in [5.74, 6) is 1.41. The lowest BCUT2D eigenvalue weighted by Crippen LogP contribution is -2.15. The van der Waals surface area contributed by atoms with Gasteiger partial charge in [0.25, 0.3) is 0 Å². The molecule has 0 radical (unpaired) electrons. The average molecular weight is 124 g/mol. The molecule has 1 aliphatic heterocycles. The molecule has 0 aromatic heterocycles. The van der Waals surface area contributed by atoms with Crippen LogP contribution in [0.5, 0.6) is 0 Å². The van der Waals surface area contributed by atoms with E-state index in [-0.39, 0.29) is 0 Å². The highest BCUT2D eigenvalue weighted by atomic mass is 16.5. The van der Waals surface area contributed by atoms with Crippen LogP contribution in [0.1, 0.15) is 13.3 Å². The molecule has 0 N–H and O–H groups in total. The normalized spacial score (nSPS) is 47.9. The Hall–Kier alpha value is -0.300. The van der Waals surface area contributed by atoms with E-state index in [4.69, 9.17) is 4.74 Å². The molecular formula is C8H12O. The molecule has 2 rings (SSSR count). The van der Waals surface area contributed by atoms with Crippen molar-refractivity contribution >= 4 is 0 Å². The van der Waals surface area contributed by atoms with Gasteiger partial charge in [0.05, 0.1) is 6.10 Å². The van der Waals surface area contributed by atoms with Crippen LogP contribution in [-0.4, -0.2) is 12.7 Å². The minimum absolute atomic E-state index is 0.532. The van der Waals surface area contributed by atoms with Crippen LogP contribution in [0.15, 0.2) is 12.2 Å². The molecular weight excluding hydrogens is 112 g/mol. The Labute approximate surface area is 55.7 Å². The van der Waals surface area contributed by atoms with Crippen LogP contribution in [0.25, 0.3) is 0 Å². The van der Waals surface area contributed by atoms with E-state index in [0.717, 1.165) is 12.5 Å². The standard InChI is InChI=1S/C8H12O/c1-6-2-3-7-4-5-9-8(6)7/h2-3,6-8H,4-5H2,1H3/t6-,7+,8+/m1/s1. The Morgan fingerprint density at radius 1 is 1.44 bits per heavy atom. The Balaban J connectivity index is 2.15. The van der Waals surface area contributed by atoms with E-state index in [1.54, 1.807) is 0 Å². The summed E-state index contributed by atoms with van der Waals surface area (Å²) < 4.78 is 5.53. The van der Waals surface area contributed by atoms with Gasteiger partial charge in [0.15, 0.2) is 0 Å². The van der Waals surface area contributed by atoms with Gasteiger partial charge in [-0.2, -0.15) is 0 Å². The second kappa shape index (κ2) is 1.84. The van der Waals surface area contributed by atoms with Crippen LogP contribution in [0.2, 0.25) is 0 Å². The predicted octanol–water partition coefficient (Wildman–Crippen LogP) is 1.60. The van der Waals surface area contributed by atoms with Gasteiger partial charge in [0.1, 0.15) is 0 Å². The van der Waals surface area contributed by atoms with Crippen LogP contribution >= 0.6 is 0 Å². The van der Waals surface area contributed by atoms with Crippen molar-refractivity contribution in [3.63, 3.8) is 0 Å². The summed E-state index contributed by atoms with van der Waals surface area (Å²) in [7, 11) is 0. The van der Waals surface area contributed by atoms with Gasteiger partial charge in [0, 0.05) is 18.4 Å². The van der Waals surface area contributed by atoms with E-state index in [2.05, 4.69) is 19.1 Å². The Morgan fingerprint density at radius 2 is 2.33 bits per heavy atom. The monoisotopic (exact) mass is 124 g/mol. The Kier molecular flexibility index (Phi) is 1.12. The van der Waals surface area contributed by atoms with Crippen LogP contribution in [0, 0.1) is 11.8 Å². The molecule has 0 aromatic rings. The quantitative estimate of drug-likeness (QED) is 0.446. The van der Waals surface area contributed by atoms with Gasteiger partial charge in [-0.1, -0.05) is 19.1 Å². The molecule has 1 heterocycles. The molecule has 1 heteroatoms. The molecule has 2 aliphatic rings. The zero-order valence-corrected chi connectivity index (χ0v) is 5.71. The summed E-state index contributed by atoms with van der Waals surface area (Å²) in [5, 5.41) is 0. The van der Waals surface area contributed by atoms with Crippen molar-refractivity contribution in [3.05, 3.63) is 12.2 Å². The van der Waals surface area contributed by atoms with E-state index in [9.17, 15) is 0 Å². The zero-order valence-electron chi connectivity index (χ0n) is 5.71. The van der Waals surface area contributed by atoms with Gasteiger partial charge in [-0.15, -0.1) is 0 Å². The zero-order chi connectivity index (χ0) is 6.27. The Bertz CT molecular complexity index is 140. The first-order valence-electron chi connectivity index (χ1n) is 3.68. The van der Waals surface area contributed by atoms with Crippen LogP contribution in [0.4, 0.5) is 0 Å². The summed E-state index contributed by atoms with van der Waals surface area (Å²) in [5.41, 5.74) is 0. The van der Waals surface area contributed by atoms with Crippen molar-refractivity contribution in [1.82, 2.24) is 0 Å². The number of rotatable bonds is 0. The topological polar surface area (TPSA) is 9.23 Å². The first-order valence-corrected chi connectivity index (χ1v) is 3.68. The molecule has 3 atom stereocenters. The fraction of sp³-hybridized carbons (Fsp3) is 0.750. The van der Waals surface area contributed by atoms with E-state index in [0.29, 0.717) is 12.0 Å². The largest absolute Gasteiger partial charge is 0.377 e. The number of hydrogen-bond acceptors (Lipinski definition) is 1. The number of hydrogen-bond donors (Lipinski definition) is 0. The maximum atomic E-state index is 5.53. The molecule has 0 amide bonds. The average Bonchev–Trinajstić information content (AvgIpc) is 2.35. The molecule has 0 saturated carbocycles. The minimum atomic E-state index is 0.532. The smallest absolute Gasteiger partial charge is 0.0698 e. The van der Waals surface area contributed by atoms with Crippen LogP contribution < -0.4 is 0 Å². The van der Waals surface area contributed by atoms with Crippen molar-refractivity contribution < 1.29 is 4.74 Å². The molecule has 0 spiro atoms. The van der Waals surface area contributed by atoms with Crippen molar-refractivity contribution in [2.45, 2.75) is 19.4 Å². The lowest BCUT2D eigenvalue weighted by atomic mass is 10.0. The molecule has 50 valence electrons. The maximum Gasteiger partial charge on any atom is 0.0698 e. The summed E-state index contributed by atoms with van der Waals surface area (Å²) in [6, 6.07) is 0. The second-order valence-corrected chi connectivity index (χ2v) is 3.03. The predicted molar refractivity (Wildman–Crippen MR) is 36.2 cm³/mol. The summed E-state index contributed by atoms with van der Waals surface area (Å²) in [6.07, 6.45) is 6.35. The van der Waals surface area contributed by atoms with Crippen molar-refractivity contribution in [2.24, 2.45) is 11.8 Å². The molecule has 1 saturated heterocycles. The molecule has 0 aromatic carbocycles. The number of ether oxygens (including phenoxy) is 1. The fourth-order valence-electron chi connectivity index (χ4n) is 1.80. The van der Waals surface area contributed by atoms with Crippen molar-refractivity contribution in [1.29, 1.82) is 0 Å². The minimum Gasteiger partial charge on any atom is -0.377 e. The van der Waals surface area contributed by atoms with Crippen molar-refractivity contribution in [2.75, 3.05) is 6.61 Å². The molecule has 0 unspecified atom stereocenters. The van der Waals surface area contributed by atoms with Crippen molar-refractivity contribution in [3.8, 4) is 0 Å². The van der Waals surface area contributed by atoms with Gasteiger partial charge in [0.2, 0.25) is 0 Å². The third-order valence-electron chi connectivity index (χ3n) is 2.36. The van der Waals surface area contributed by atoms with Gasteiger partial charge in [-0.05, 0) is 6.42 Å². The molecule has 0 bridgehead atoms. The highest BCUT2D eigenvalue weighted by Gasteiger charge is 2.33. The second-order valence-electron chi connectivity index (χ2n) is 3.03. The van der Waals surface area contributed by atoms with E-state index in [1.165, 1.54) is 6.42 Å². The lowest BCUT2D eigenvalue weighted by molar-refractivity contribution is 0.0790. The molecule has 1 aliphatic carbocycles. The molecule has 1 nitrogen and oxygen atoms in total. The van der Waals surface area contributed by atoms with Crippen LogP contribution in [-0.2, 0) is 4.74 Å². The number of fused-ring (bicyclic) bond motifs is 1. The first kappa shape index (κ1) is 5.48. The SMILES string of the molecule is C[C@@H]1C=C[C@H]2CCO[C@@H]12. The van der Waals surface area contributed by atoms with Crippen LogP contribution in [0.3, 0.4) is 0 Å². The third-order valence-corrected chi connectivity index (χ3v) is 2.36. The summed E-state index contributed by atoms with van der Waals surface area (Å²) >= 11 is 0. The van der Waals surface area contributed by atoms with Gasteiger partial charge in [-0.25, -0.2) is 0 Å². The van der Waals surface area contributed by atoms with E-state index in [1.807, 2.05) is 0 Å². The van der Waals surface area contributed by atoms with Gasteiger partial charge in [-0.3, -0.25) is 0 Å². The highest BCUT2D eigenvalue weighted by Crippen LogP contribution is 2.33. The first-order chi connectivity index (χ1) is 4.38. The fourth-order valence-corrected chi connectivity index (χ4v) is 1.80. The van der Waals surface area contributed by atoms with Gasteiger partial charge >= 0.3 is 0 Å². The summed E-state index contributed by atoms with van der Waals surface area (Å²) in [4.78, 5) is 0. The van der Waals surface area contributed by atoms with Gasteiger partial charge < -0.3 is 4.74 Å².